The van der Waals surface area contributed by atoms with Crippen LogP contribution in [0.5, 0.6) is 0 Å². The Morgan fingerprint density at radius 1 is 1.10 bits per heavy atom. The number of hydrogen-bond acceptors (Lipinski definition) is 2. The summed E-state index contributed by atoms with van der Waals surface area (Å²) in [6.45, 7) is 2.33. The molecule has 0 saturated carbocycles. The molecule has 112 valence electrons. The maximum Gasteiger partial charge on any atom is 0.407 e. The highest BCUT2D eigenvalue weighted by Gasteiger charge is 2.34. The van der Waals surface area contributed by atoms with Crippen LogP contribution in [0.2, 0.25) is 0 Å². The molecule has 6 heteroatoms. The van der Waals surface area contributed by atoms with Gasteiger partial charge in [-0.25, -0.2) is 9.59 Å². The average Bonchev–Trinajstić information content (AvgIpc) is 2.87. The summed E-state index contributed by atoms with van der Waals surface area (Å²) in [6, 6.07) is 10.0. The van der Waals surface area contributed by atoms with Crippen LogP contribution in [0.25, 0.3) is 0 Å². The monoisotopic (exact) mass is 289 g/mol. The van der Waals surface area contributed by atoms with Crippen molar-refractivity contribution in [2.45, 2.75) is 18.4 Å². The van der Waals surface area contributed by atoms with Crippen molar-refractivity contribution < 1.29 is 14.7 Å². The first-order chi connectivity index (χ1) is 10.1. The normalized spacial score (nSPS) is 22.0. The highest BCUT2D eigenvalue weighted by molar-refractivity contribution is 5.76. The van der Waals surface area contributed by atoms with Crippen molar-refractivity contribution in [3.8, 4) is 0 Å². The fraction of sp³-hybridized carbons (Fsp3) is 0.467. The van der Waals surface area contributed by atoms with Gasteiger partial charge in [-0.1, -0.05) is 30.3 Å². The first kappa shape index (κ1) is 13.7. The summed E-state index contributed by atoms with van der Waals surface area (Å²) in [6.07, 6.45) is -0.228. The number of amides is 3. The van der Waals surface area contributed by atoms with E-state index in [0.29, 0.717) is 25.4 Å². The second-order valence-electron chi connectivity index (χ2n) is 5.68. The Kier molecular flexibility index (Phi) is 3.68. The van der Waals surface area contributed by atoms with Crippen molar-refractivity contribution in [3.05, 3.63) is 35.9 Å². The number of nitrogens with one attached hydrogen (secondary N) is 1. The minimum Gasteiger partial charge on any atom is -0.465 e. The van der Waals surface area contributed by atoms with Crippen LogP contribution in [-0.4, -0.2) is 59.3 Å². The third-order valence-electron chi connectivity index (χ3n) is 4.23. The quantitative estimate of drug-likeness (QED) is 0.867. The van der Waals surface area contributed by atoms with Crippen molar-refractivity contribution in [1.82, 2.24) is 15.1 Å². The average molecular weight is 289 g/mol. The molecule has 21 heavy (non-hydrogen) atoms. The van der Waals surface area contributed by atoms with E-state index in [4.69, 9.17) is 5.11 Å². The molecule has 2 aliphatic rings. The lowest BCUT2D eigenvalue weighted by Crippen LogP contribution is -2.54. The van der Waals surface area contributed by atoms with Crippen molar-refractivity contribution >= 4 is 12.1 Å². The van der Waals surface area contributed by atoms with Gasteiger partial charge in [0.05, 0.1) is 0 Å². The zero-order valence-corrected chi connectivity index (χ0v) is 11.7. The minimum atomic E-state index is -0.917. The van der Waals surface area contributed by atoms with E-state index in [2.05, 4.69) is 17.4 Å². The van der Waals surface area contributed by atoms with Gasteiger partial charge in [0.25, 0.3) is 0 Å². The largest absolute Gasteiger partial charge is 0.465 e. The van der Waals surface area contributed by atoms with Crippen molar-refractivity contribution in [1.29, 1.82) is 0 Å². The summed E-state index contributed by atoms with van der Waals surface area (Å²) in [5.41, 5.74) is 1.26. The number of hydrogen-bond donors (Lipinski definition) is 2. The summed E-state index contributed by atoms with van der Waals surface area (Å²) in [5, 5.41) is 11.8. The van der Waals surface area contributed by atoms with Gasteiger partial charge < -0.3 is 20.2 Å². The molecule has 1 aromatic rings. The maximum atomic E-state index is 12.1. The van der Waals surface area contributed by atoms with E-state index in [9.17, 15) is 9.59 Å². The third-order valence-corrected chi connectivity index (χ3v) is 4.23. The van der Waals surface area contributed by atoms with Crippen molar-refractivity contribution in [3.63, 3.8) is 0 Å². The molecule has 1 atom stereocenters. The highest BCUT2D eigenvalue weighted by Crippen LogP contribution is 2.26. The fourth-order valence-electron chi connectivity index (χ4n) is 2.90. The second kappa shape index (κ2) is 5.63. The van der Waals surface area contributed by atoms with Gasteiger partial charge in [-0.05, 0) is 12.0 Å². The van der Waals surface area contributed by atoms with E-state index in [1.807, 2.05) is 18.2 Å². The molecule has 3 amide bonds. The molecule has 6 nitrogen and oxygen atoms in total. The molecule has 0 unspecified atom stereocenters. The molecular formula is C15H19N3O3. The van der Waals surface area contributed by atoms with Crippen LogP contribution in [0.3, 0.4) is 0 Å². The molecule has 2 aliphatic heterocycles. The molecular weight excluding hydrogens is 270 g/mol. The predicted octanol–water partition coefficient (Wildman–Crippen LogP) is 1.55. The summed E-state index contributed by atoms with van der Waals surface area (Å²) >= 11 is 0. The third kappa shape index (κ3) is 2.94. The van der Waals surface area contributed by atoms with Crippen molar-refractivity contribution in [2.24, 2.45) is 0 Å². The number of carbonyl (C=O) groups is 2. The lowest BCUT2D eigenvalue weighted by Gasteiger charge is -2.40. The van der Waals surface area contributed by atoms with E-state index >= 15 is 0 Å². The van der Waals surface area contributed by atoms with E-state index < -0.39 is 6.09 Å². The van der Waals surface area contributed by atoms with E-state index in [0.717, 1.165) is 13.1 Å². The summed E-state index contributed by atoms with van der Waals surface area (Å²) in [7, 11) is 0. The SMILES string of the molecule is O=C(O)N1CC[C@@H](NC(=O)N2CC(c3ccccc3)C2)C1. The predicted molar refractivity (Wildman–Crippen MR) is 77.3 cm³/mol. The molecule has 2 N–H and O–H groups in total. The Labute approximate surface area is 123 Å². The summed E-state index contributed by atoms with van der Waals surface area (Å²) < 4.78 is 0. The number of carbonyl (C=O) groups excluding carboxylic acids is 1. The number of nitrogens with zero attached hydrogens (tertiary/aromatic N) is 2. The first-order valence-electron chi connectivity index (χ1n) is 7.22. The molecule has 1 aromatic carbocycles. The van der Waals surface area contributed by atoms with Gasteiger partial charge in [0.1, 0.15) is 0 Å². The molecule has 0 aromatic heterocycles. The van der Waals surface area contributed by atoms with Crippen LogP contribution in [-0.2, 0) is 0 Å². The van der Waals surface area contributed by atoms with Gasteiger partial charge >= 0.3 is 12.1 Å². The number of carboxylic acid groups (broad SMARTS) is 1. The van der Waals surface area contributed by atoms with Gasteiger partial charge in [0.15, 0.2) is 0 Å². The number of rotatable bonds is 2. The molecule has 0 radical (unpaired) electrons. The zero-order chi connectivity index (χ0) is 14.8. The van der Waals surface area contributed by atoms with Crippen LogP contribution < -0.4 is 5.32 Å². The molecule has 2 fully saturated rings. The van der Waals surface area contributed by atoms with Crippen LogP contribution in [0.15, 0.2) is 30.3 Å². The van der Waals surface area contributed by atoms with Crippen LogP contribution in [0.4, 0.5) is 9.59 Å². The van der Waals surface area contributed by atoms with Gasteiger partial charge in [0.2, 0.25) is 0 Å². The highest BCUT2D eigenvalue weighted by atomic mass is 16.4. The standard InChI is InChI=1S/C15H19N3O3/c19-14(16-13-6-7-17(10-13)15(20)21)18-8-12(9-18)11-4-2-1-3-5-11/h1-5,12-13H,6-10H2,(H,16,19)(H,20,21)/t13-/m1/s1. The Morgan fingerprint density at radius 3 is 2.43 bits per heavy atom. The lowest BCUT2D eigenvalue weighted by atomic mass is 9.92. The molecule has 3 rings (SSSR count). The molecule has 2 heterocycles. The topological polar surface area (TPSA) is 72.9 Å². The van der Waals surface area contributed by atoms with Crippen molar-refractivity contribution in [2.75, 3.05) is 26.2 Å². The van der Waals surface area contributed by atoms with Crippen LogP contribution in [0, 0.1) is 0 Å². The minimum absolute atomic E-state index is 0.0654. The smallest absolute Gasteiger partial charge is 0.407 e. The maximum absolute atomic E-state index is 12.1. The van der Waals surface area contributed by atoms with E-state index in [1.54, 1.807) is 4.90 Å². The van der Waals surface area contributed by atoms with Gasteiger partial charge in [0, 0.05) is 38.1 Å². The Balaban J connectivity index is 1.45. The lowest BCUT2D eigenvalue weighted by molar-refractivity contribution is 0.144. The first-order valence-corrected chi connectivity index (χ1v) is 7.22. The zero-order valence-electron chi connectivity index (χ0n) is 11.7. The molecule has 0 spiro atoms. The molecule has 0 aliphatic carbocycles. The van der Waals surface area contributed by atoms with Crippen LogP contribution in [0.1, 0.15) is 17.9 Å². The second-order valence-corrected chi connectivity index (χ2v) is 5.68. The van der Waals surface area contributed by atoms with Crippen LogP contribution >= 0.6 is 0 Å². The fourth-order valence-corrected chi connectivity index (χ4v) is 2.90. The molecule has 0 bridgehead atoms. The number of benzene rings is 1. The number of likely N-dealkylation sites (tertiary alicyclic amines) is 2. The van der Waals surface area contributed by atoms with Gasteiger partial charge in [-0.2, -0.15) is 0 Å². The van der Waals surface area contributed by atoms with E-state index in [1.165, 1.54) is 10.5 Å². The summed E-state index contributed by atoms with van der Waals surface area (Å²) in [4.78, 5) is 26.0. The number of urea groups is 1. The Hall–Kier alpha value is -2.24. The molecule has 2 saturated heterocycles. The van der Waals surface area contributed by atoms with E-state index in [-0.39, 0.29) is 12.1 Å². The Bertz CT molecular complexity index is 528. The van der Waals surface area contributed by atoms with Gasteiger partial charge in [-0.15, -0.1) is 0 Å². The Morgan fingerprint density at radius 2 is 1.81 bits per heavy atom. The van der Waals surface area contributed by atoms with Gasteiger partial charge in [-0.3, -0.25) is 0 Å². The summed E-state index contributed by atoms with van der Waals surface area (Å²) in [5.74, 6) is 0.413.